The van der Waals surface area contributed by atoms with Crippen molar-refractivity contribution in [3.63, 3.8) is 0 Å². The van der Waals surface area contributed by atoms with Crippen LogP contribution in [0.4, 0.5) is 5.82 Å². The molecule has 1 aliphatic rings. The van der Waals surface area contributed by atoms with Gasteiger partial charge in [0.25, 0.3) is 0 Å². The summed E-state index contributed by atoms with van der Waals surface area (Å²) in [7, 11) is 0. The molecule has 6 nitrogen and oxygen atoms in total. The molecule has 1 aromatic carbocycles. The number of fused-ring (bicyclic) bond motifs is 1. The van der Waals surface area contributed by atoms with Crippen molar-refractivity contribution in [2.24, 2.45) is 0 Å². The van der Waals surface area contributed by atoms with Crippen molar-refractivity contribution >= 4 is 11.8 Å². The first-order valence-electron chi connectivity index (χ1n) is 7.25. The maximum atomic E-state index is 10.7. The minimum Gasteiger partial charge on any atom is -0.493 e. The summed E-state index contributed by atoms with van der Waals surface area (Å²) in [5, 5.41) is 12.0. The van der Waals surface area contributed by atoms with Gasteiger partial charge in [0.15, 0.2) is 5.69 Å². The van der Waals surface area contributed by atoms with Gasteiger partial charge in [-0.1, -0.05) is 18.2 Å². The van der Waals surface area contributed by atoms with Gasteiger partial charge in [-0.05, 0) is 30.4 Å². The summed E-state index contributed by atoms with van der Waals surface area (Å²) >= 11 is 0. The van der Waals surface area contributed by atoms with E-state index < -0.39 is 5.97 Å². The Balaban J connectivity index is 1.56. The Morgan fingerprint density at radius 1 is 1.32 bits per heavy atom. The number of carboxylic acid groups (broad SMARTS) is 1. The van der Waals surface area contributed by atoms with E-state index >= 15 is 0 Å². The molecule has 0 aliphatic carbocycles. The molecule has 0 radical (unpaired) electrons. The van der Waals surface area contributed by atoms with Crippen LogP contribution in [0.3, 0.4) is 0 Å². The van der Waals surface area contributed by atoms with Crippen LogP contribution in [-0.4, -0.2) is 34.2 Å². The SMILES string of the molecule is O=C(O)c1cnc(NCCC2CCOc3ccccc32)cn1. The van der Waals surface area contributed by atoms with E-state index in [-0.39, 0.29) is 5.69 Å². The topological polar surface area (TPSA) is 84.3 Å². The highest BCUT2D eigenvalue weighted by Gasteiger charge is 2.20. The molecule has 6 heteroatoms. The third kappa shape index (κ3) is 3.16. The lowest BCUT2D eigenvalue weighted by Gasteiger charge is -2.25. The van der Waals surface area contributed by atoms with Crippen LogP contribution < -0.4 is 10.1 Å². The van der Waals surface area contributed by atoms with Gasteiger partial charge in [-0.2, -0.15) is 0 Å². The van der Waals surface area contributed by atoms with E-state index in [9.17, 15) is 4.79 Å². The predicted octanol–water partition coefficient (Wildman–Crippen LogP) is 2.54. The van der Waals surface area contributed by atoms with E-state index in [1.165, 1.54) is 18.0 Å². The zero-order valence-electron chi connectivity index (χ0n) is 12.0. The van der Waals surface area contributed by atoms with Gasteiger partial charge in [-0.25, -0.2) is 14.8 Å². The largest absolute Gasteiger partial charge is 0.493 e. The quantitative estimate of drug-likeness (QED) is 0.882. The number of ether oxygens (including phenoxy) is 1. The molecule has 2 aromatic rings. The summed E-state index contributed by atoms with van der Waals surface area (Å²) in [5.74, 6) is 0.955. The van der Waals surface area contributed by atoms with E-state index in [1.54, 1.807) is 0 Å². The summed E-state index contributed by atoms with van der Waals surface area (Å²) in [6, 6.07) is 8.13. The minimum atomic E-state index is -1.07. The number of hydrogen-bond acceptors (Lipinski definition) is 5. The predicted molar refractivity (Wildman–Crippen MR) is 81.4 cm³/mol. The van der Waals surface area contributed by atoms with Gasteiger partial charge in [-0.15, -0.1) is 0 Å². The van der Waals surface area contributed by atoms with Crippen LogP contribution >= 0.6 is 0 Å². The number of nitrogens with one attached hydrogen (secondary N) is 1. The number of aromatic nitrogens is 2. The molecule has 114 valence electrons. The molecular weight excluding hydrogens is 282 g/mol. The fourth-order valence-corrected chi connectivity index (χ4v) is 2.62. The third-order valence-electron chi connectivity index (χ3n) is 3.75. The van der Waals surface area contributed by atoms with Crippen molar-refractivity contribution in [1.82, 2.24) is 9.97 Å². The second kappa shape index (κ2) is 6.43. The Kier molecular flexibility index (Phi) is 4.18. The summed E-state index contributed by atoms with van der Waals surface area (Å²) in [6.07, 6.45) is 4.67. The van der Waals surface area contributed by atoms with E-state index in [0.29, 0.717) is 11.7 Å². The molecule has 1 atom stereocenters. The monoisotopic (exact) mass is 299 g/mol. The van der Waals surface area contributed by atoms with Gasteiger partial charge in [0.1, 0.15) is 11.6 Å². The van der Waals surface area contributed by atoms with Crippen molar-refractivity contribution in [1.29, 1.82) is 0 Å². The Labute approximate surface area is 128 Å². The van der Waals surface area contributed by atoms with E-state index in [4.69, 9.17) is 9.84 Å². The number of carbonyl (C=O) groups is 1. The van der Waals surface area contributed by atoms with Crippen LogP contribution in [0, 0.1) is 0 Å². The van der Waals surface area contributed by atoms with E-state index in [0.717, 1.165) is 31.7 Å². The molecule has 2 N–H and O–H groups in total. The number of anilines is 1. The molecule has 0 amide bonds. The Bertz CT molecular complexity index is 658. The van der Waals surface area contributed by atoms with Crippen LogP contribution in [0.2, 0.25) is 0 Å². The summed E-state index contributed by atoms with van der Waals surface area (Å²) in [6.45, 7) is 1.49. The van der Waals surface area contributed by atoms with Crippen LogP contribution in [-0.2, 0) is 0 Å². The maximum absolute atomic E-state index is 10.7. The van der Waals surface area contributed by atoms with Gasteiger partial charge < -0.3 is 15.2 Å². The number of para-hydroxylation sites is 1. The lowest BCUT2D eigenvalue weighted by atomic mass is 9.90. The second-order valence-corrected chi connectivity index (χ2v) is 5.18. The first-order valence-corrected chi connectivity index (χ1v) is 7.25. The number of rotatable bonds is 5. The molecule has 0 fully saturated rings. The minimum absolute atomic E-state index is 0.0519. The van der Waals surface area contributed by atoms with Gasteiger partial charge in [0.2, 0.25) is 0 Å². The average Bonchev–Trinajstić information content (AvgIpc) is 2.55. The molecule has 22 heavy (non-hydrogen) atoms. The van der Waals surface area contributed by atoms with Crippen molar-refractivity contribution in [3.8, 4) is 5.75 Å². The Morgan fingerprint density at radius 3 is 2.95 bits per heavy atom. The summed E-state index contributed by atoms with van der Waals surface area (Å²) < 4.78 is 5.66. The van der Waals surface area contributed by atoms with Crippen LogP contribution in [0.1, 0.15) is 34.8 Å². The van der Waals surface area contributed by atoms with E-state index in [2.05, 4.69) is 21.4 Å². The maximum Gasteiger partial charge on any atom is 0.356 e. The summed E-state index contributed by atoms with van der Waals surface area (Å²) in [4.78, 5) is 18.6. The smallest absolute Gasteiger partial charge is 0.356 e. The van der Waals surface area contributed by atoms with Crippen LogP contribution in [0.15, 0.2) is 36.7 Å². The van der Waals surface area contributed by atoms with Crippen molar-refractivity contribution < 1.29 is 14.6 Å². The molecule has 1 unspecified atom stereocenters. The first-order chi connectivity index (χ1) is 10.7. The van der Waals surface area contributed by atoms with Crippen molar-refractivity contribution in [3.05, 3.63) is 47.9 Å². The van der Waals surface area contributed by atoms with Crippen molar-refractivity contribution in [2.75, 3.05) is 18.5 Å². The number of carboxylic acids is 1. The third-order valence-corrected chi connectivity index (χ3v) is 3.75. The highest BCUT2D eigenvalue weighted by atomic mass is 16.5. The number of aromatic carboxylic acids is 1. The van der Waals surface area contributed by atoms with Gasteiger partial charge in [0.05, 0.1) is 19.0 Å². The molecule has 1 aliphatic heterocycles. The molecule has 3 rings (SSSR count). The number of benzene rings is 1. The summed E-state index contributed by atoms with van der Waals surface area (Å²) in [5.41, 5.74) is 1.20. The highest BCUT2D eigenvalue weighted by Crippen LogP contribution is 2.35. The fraction of sp³-hybridized carbons (Fsp3) is 0.312. The zero-order chi connectivity index (χ0) is 15.4. The molecule has 0 bridgehead atoms. The molecular formula is C16H17N3O3. The molecule has 1 aromatic heterocycles. The molecule has 0 spiro atoms. The van der Waals surface area contributed by atoms with Gasteiger partial charge >= 0.3 is 5.97 Å². The lowest BCUT2D eigenvalue weighted by molar-refractivity contribution is 0.0690. The van der Waals surface area contributed by atoms with Crippen LogP contribution in [0.25, 0.3) is 0 Å². The van der Waals surface area contributed by atoms with Gasteiger partial charge in [-0.3, -0.25) is 0 Å². The number of nitrogens with zero attached hydrogens (tertiary/aromatic N) is 2. The first kappa shape index (κ1) is 14.3. The zero-order valence-corrected chi connectivity index (χ0v) is 12.0. The van der Waals surface area contributed by atoms with Crippen LogP contribution in [0.5, 0.6) is 5.75 Å². The Hall–Kier alpha value is -2.63. The molecule has 2 heterocycles. The highest BCUT2D eigenvalue weighted by molar-refractivity contribution is 5.84. The standard InChI is InChI=1S/C16H17N3O3/c20-16(21)13-9-19-15(10-18-13)17-7-5-11-6-8-22-14-4-2-1-3-12(11)14/h1-4,9-11H,5-8H2,(H,17,19)(H,20,21). The van der Waals surface area contributed by atoms with E-state index in [1.807, 2.05) is 18.2 Å². The van der Waals surface area contributed by atoms with Gasteiger partial charge in [0, 0.05) is 6.54 Å². The number of hydrogen-bond donors (Lipinski definition) is 2. The molecule has 0 saturated heterocycles. The average molecular weight is 299 g/mol. The second-order valence-electron chi connectivity index (χ2n) is 5.18. The lowest BCUT2D eigenvalue weighted by Crippen LogP contribution is -2.17. The Morgan fingerprint density at radius 2 is 2.18 bits per heavy atom. The molecule has 0 saturated carbocycles. The normalized spacial score (nSPS) is 16.5. The fourth-order valence-electron chi connectivity index (χ4n) is 2.62. The van der Waals surface area contributed by atoms with Crippen molar-refractivity contribution in [2.45, 2.75) is 18.8 Å².